The summed E-state index contributed by atoms with van der Waals surface area (Å²) in [5.41, 5.74) is 3.08. The first-order valence-corrected chi connectivity index (χ1v) is 9.93. The van der Waals surface area contributed by atoms with Crippen LogP contribution in [-0.4, -0.2) is 42.9 Å². The molecule has 0 amide bonds. The second kappa shape index (κ2) is 6.53. The number of methoxy groups -OCH3 is 1. The van der Waals surface area contributed by atoms with Gasteiger partial charge in [-0.15, -0.1) is 0 Å². The first kappa shape index (κ1) is 17.9. The lowest BCUT2D eigenvalue weighted by molar-refractivity contribution is 0.364. The van der Waals surface area contributed by atoms with Crippen LogP contribution < -0.4 is 15.2 Å². The van der Waals surface area contributed by atoms with Gasteiger partial charge in [0.1, 0.15) is 18.6 Å². The zero-order valence-electron chi connectivity index (χ0n) is 17.0. The largest absolute Gasteiger partial charge is 0.497 e. The molecule has 10 heteroatoms. The Labute approximate surface area is 176 Å². The second-order valence-corrected chi connectivity index (χ2v) is 7.82. The summed E-state index contributed by atoms with van der Waals surface area (Å²) in [7, 11) is 3.43. The van der Waals surface area contributed by atoms with Crippen molar-refractivity contribution in [2.75, 3.05) is 18.6 Å². The summed E-state index contributed by atoms with van der Waals surface area (Å²) in [5.74, 6) is 2.44. The van der Waals surface area contributed by atoms with E-state index in [0.717, 1.165) is 18.0 Å². The van der Waals surface area contributed by atoms with Crippen LogP contribution in [0.1, 0.15) is 17.6 Å². The molecule has 2 atom stereocenters. The van der Waals surface area contributed by atoms with E-state index in [0.29, 0.717) is 28.8 Å². The molecule has 0 saturated heterocycles. The summed E-state index contributed by atoms with van der Waals surface area (Å²) < 4.78 is 13.9. The van der Waals surface area contributed by atoms with Crippen molar-refractivity contribution < 1.29 is 9.26 Å². The molecule has 0 bridgehead atoms. The number of aromatic nitrogens is 6. The highest BCUT2D eigenvalue weighted by Gasteiger charge is 2.52. The molecule has 1 saturated carbocycles. The predicted molar refractivity (Wildman–Crippen MR) is 111 cm³/mol. The number of aryl methyl sites for hydroxylation is 1. The molecular formula is C21H19N7O3. The van der Waals surface area contributed by atoms with Crippen molar-refractivity contribution in [2.24, 2.45) is 13.0 Å². The maximum absolute atomic E-state index is 12.7. The van der Waals surface area contributed by atoms with Gasteiger partial charge in [0, 0.05) is 37.5 Å². The number of anilines is 1. The summed E-state index contributed by atoms with van der Waals surface area (Å²) >= 11 is 0. The van der Waals surface area contributed by atoms with Gasteiger partial charge in [-0.25, -0.2) is 9.97 Å². The Hall–Kier alpha value is -3.95. The Morgan fingerprint density at radius 3 is 2.94 bits per heavy atom. The zero-order valence-corrected chi connectivity index (χ0v) is 17.0. The summed E-state index contributed by atoms with van der Waals surface area (Å²) in [6.45, 7) is 1.05. The minimum atomic E-state index is -0.190. The minimum Gasteiger partial charge on any atom is -0.497 e. The van der Waals surface area contributed by atoms with Crippen LogP contribution in [-0.2, 0) is 13.6 Å². The molecule has 4 heterocycles. The van der Waals surface area contributed by atoms with Crippen LogP contribution in [0.3, 0.4) is 0 Å². The van der Waals surface area contributed by atoms with Crippen LogP contribution in [0.4, 0.5) is 5.69 Å². The Bertz CT molecular complexity index is 1400. The van der Waals surface area contributed by atoms with E-state index in [1.54, 1.807) is 25.1 Å². The molecule has 1 aromatic carbocycles. The van der Waals surface area contributed by atoms with E-state index >= 15 is 0 Å². The Kier molecular flexibility index (Phi) is 3.76. The van der Waals surface area contributed by atoms with E-state index in [4.69, 9.17) is 9.26 Å². The van der Waals surface area contributed by atoms with Crippen LogP contribution in [0.15, 0.2) is 58.0 Å². The SMILES string of the molecule is COc1cccc(N2C=C3[C@H](c4noc(Cn5cnc6ncn(C)c6c5=O)n4)[C@H]3C2)c1. The van der Waals surface area contributed by atoms with Gasteiger partial charge in [0.2, 0.25) is 5.89 Å². The molecule has 0 spiro atoms. The van der Waals surface area contributed by atoms with Crippen molar-refractivity contribution >= 4 is 16.9 Å². The quantitative estimate of drug-likeness (QED) is 0.483. The number of fused-ring (bicyclic) bond motifs is 2. The van der Waals surface area contributed by atoms with Crippen molar-refractivity contribution in [3.63, 3.8) is 0 Å². The Morgan fingerprint density at radius 1 is 1.26 bits per heavy atom. The molecular weight excluding hydrogens is 398 g/mol. The average Bonchev–Trinajstić information content (AvgIpc) is 3.21. The number of rotatable bonds is 5. The average molecular weight is 417 g/mol. The summed E-state index contributed by atoms with van der Waals surface area (Å²) in [6, 6.07) is 8.01. The summed E-state index contributed by atoms with van der Waals surface area (Å²) in [5, 5.41) is 4.16. The highest BCUT2D eigenvalue weighted by molar-refractivity contribution is 5.68. The number of hydrogen-bond acceptors (Lipinski definition) is 8. The zero-order chi connectivity index (χ0) is 21.1. The topological polar surface area (TPSA) is 104 Å². The fraction of sp³-hybridized carbons (Fsp3) is 0.286. The third-order valence-electron chi connectivity index (χ3n) is 5.93. The van der Waals surface area contributed by atoms with Crippen LogP contribution in [0, 0.1) is 5.92 Å². The fourth-order valence-corrected chi connectivity index (χ4v) is 4.26. The van der Waals surface area contributed by atoms with Gasteiger partial charge in [-0.3, -0.25) is 9.36 Å². The Balaban J connectivity index is 1.20. The first-order valence-electron chi connectivity index (χ1n) is 9.93. The van der Waals surface area contributed by atoms with E-state index < -0.39 is 0 Å². The molecule has 6 rings (SSSR count). The van der Waals surface area contributed by atoms with Crippen molar-refractivity contribution in [2.45, 2.75) is 12.5 Å². The number of nitrogens with zero attached hydrogens (tertiary/aromatic N) is 7. The molecule has 4 aromatic rings. The molecule has 0 N–H and O–H groups in total. The van der Waals surface area contributed by atoms with Crippen molar-refractivity contribution in [3.8, 4) is 5.75 Å². The molecule has 10 nitrogen and oxygen atoms in total. The molecule has 0 unspecified atom stereocenters. The van der Waals surface area contributed by atoms with Gasteiger partial charge < -0.3 is 18.7 Å². The number of ether oxygens (including phenoxy) is 1. The standard InChI is InChI=1S/C21H19N7O3/c1-26-10-22-20-18(26)21(29)28(11-23-20)9-16-24-19(25-31-16)17-14-7-27(8-15(14)17)12-4-3-5-13(6-12)30-2/h3-7,10-11,15,17H,8-9H2,1-2H3/t15-,17-/m0/s1. The second-order valence-electron chi connectivity index (χ2n) is 7.82. The van der Waals surface area contributed by atoms with Gasteiger partial charge in [-0.1, -0.05) is 11.2 Å². The lowest BCUT2D eigenvalue weighted by Crippen LogP contribution is -2.22. The van der Waals surface area contributed by atoms with E-state index in [-0.39, 0.29) is 18.0 Å². The van der Waals surface area contributed by atoms with Crippen molar-refractivity contribution in [3.05, 3.63) is 70.8 Å². The monoisotopic (exact) mass is 417 g/mol. The molecule has 156 valence electrons. The number of imidazole rings is 1. The van der Waals surface area contributed by atoms with Gasteiger partial charge in [0.05, 0.1) is 19.4 Å². The fourth-order valence-electron chi connectivity index (χ4n) is 4.26. The van der Waals surface area contributed by atoms with Gasteiger partial charge in [0.25, 0.3) is 5.56 Å². The number of benzene rings is 1. The molecule has 1 aliphatic carbocycles. The third kappa shape index (κ3) is 2.82. The molecule has 0 radical (unpaired) electrons. The van der Waals surface area contributed by atoms with Crippen LogP contribution >= 0.6 is 0 Å². The maximum Gasteiger partial charge on any atom is 0.280 e. The lowest BCUT2D eigenvalue weighted by Gasteiger charge is -2.18. The number of hydrogen-bond donors (Lipinski definition) is 0. The predicted octanol–water partition coefficient (Wildman–Crippen LogP) is 1.69. The molecule has 1 aliphatic heterocycles. The van der Waals surface area contributed by atoms with Gasteiger partial charge in [-0.05, 0) is 17.7 Å². The first-order chi connectivity index (χ1) is 15.1. The molecule has 31 heavy (non-hydrogen) atoms. The van der Waals surface area contributed by atoms with Gasteiger partial charge in [0.15, 0.2) is 17.0 Å². The van der Waals surface area contributed by atoms with E-state index in [1.807, 2.05) is 18.2 Å². The molecule has 3 aromatic heterocycles. The van der Waals surface area contributed by atoms with Crippen LogP contribution in [0.25, 0.3) is 11.2 Å². The Morgan fingerprint density at radius 2 is 2.13 bits per heavy atom. The highest BCUT2D eigenvalue weighted by Crippen LogP contribution is 2.56. The molecule has 2 aliphatic rings. The van der Waals surface area contributed by atoms with E-state index in [1.165, 1.54) is 16.5 Å². The summed E-state index contributed by atoms with van der Waals surface area (Å²) in [6.07, 6.45) is 5.19. The van der Waals surface area contributed by atoms with Crippen LogP contribution in [0.2, 0.25) is 0 Å². The van der Waals surface area contributed by atoms with E-state index in [2.05, 4.69) is 37.3 Å². The smallest absolute Gasteiger partial charge is 0.280 e. The van der Waals surface area contributed by atoms with E-state index in [9.17, 15) is 4.79 Å². The lowest BCUT2D eigenvalue weighted by atomic mass is 10.2. The highest BCUT2D eigenvalue weighted by atomic mass is 16.5. The summed E-state index contributed by atoms with van der Waals surface area (Å²) in [4.78, 5) is 27.8. The third-order valence-corrected chi connectivity index (χ3v) is 5.93. The normalized spacial score (nSPS) is 19.5. The van der Waals surface area contributed by atoms with Crippen LogP contribution in [0.5, 0.6) is 5.75 Å². The van der Waals surface area contributed by atoms with Crippen molar-refractivity contribution in [1.29, 1.82) is 0 Å². The molecule has 1 fully saturated rings. The van der Waals surface area contributed by atoms with Gasteiger partial charge in [-0.2, -0.15) is 4.98 Å². The maximum atomic E-state index is 12.7. The van der Waals surface area contributed by atoms with Crippen molar-refractivity contribution in [1.82, 2.24) is 29.2 Å². The minimum absolute atomic E-state index is 0.173. The van der Waals surface area contributed by atoms with Gasteiger partial charge >= 0.3 is 0 Å².